The third-order valence-electron chi connectivity index (χ3n) is 3.12. The third kappa shape index (κ3) is 2.93. The lowest BCUT2D eigenvalue weighted by atomic mass is 10.1. The first kappa shape index (κ1) is 14.4. The number of aryl methyl sites for hydroxylation is 2. The molecule has 0 unspecified atom stereocenters. The second-order valence-electron chi connectivity index (χ2n) is 4.45. The number of nitrogens with one attached hydrogen (secondary N) is 2. The Morgan fingerprint density at radius 1 is 1.45 bits per heavy atom. The molecule has 106 valence electrons. The van der Waals surface area contributed by atoms with Gasteiger partial charge >= 0.3 is 5.97 Å². The van der Waals surface area contributed by atoms with Gasteiger partial charge in [-0.3, -0.25) is 5.10 Å². The predicted octanol–water partition coefficient (Wildman–Crippen LogP) is 3.08. The van der Waals surface area contributed by atoms with Crippen LogP contribution in [0.3, 0.4) is 0 Å². The lowest BCUT2D eigenvalue weighted by Gasteiger charge is -2.11. The van der Waals surface area contributed by atoms with Gasteiger partial charge in [-0.2, -0.15) is 5.10 Å². The Labute approximate surface area is 122 Å². The molecule has 0 atom stereocenters. The zero-order valence-electron chi connectivity index (χ0n) is 11.6. The van der Waals surface area contributed by atoms with E-state index in [4.69, 9.17) is 16.3 Å². The SMILES string of the molecule is COC(=O)c1cc(Cl)ccc1NCc1c(C)n[nH]c1C. The zero-order valence-corrected chi connectivity index (χ0v) is 12.3. The fourth-order valence-corrected chi connectivity index (χ4v) is 2.14. The summed E-state index contributed by atoms with van der Waals surface area (Å²) in [6.45, 7) is 4.46. The Morgan fingerprint density at radius 3 is 2.80 bits per heavy atom. The number of ether oxygens (including phenoxy) is 1. The molecule has 0 bridgehead atoms. The van der Waals surface area contributed by atoms with Gasteiger partial charge < -0.3 is 10.1 Å². The van der Waals surface area contributed by atoms with E-state index in [1.165, 1.54) is 7.11 Å². The molecular formula is C14H16ClN3O2. The summed E-state index contributed by atoms with van der Waals surface area (Å²) in [4.78, 5) is 11.7. The van der Waals surface area contributed by atoms with Gasteiger partial charge in [-0.1, -0.05) is 11.6 Å². The van der Waals surface area contributed by atoms with Crippen LogP contribution >= 0.6 is 11.6 Å². The average molecular weight is 294 g/mol. The highest BCUT2D eigenvalue weighted by atomic mass is 35.5. The van der Waals surface area contributed by atoms with Crippen molar-refractivity contribution in [1.82, 2.24) is 10.2 Å². The number of rotatable bonds is 4. The van der Waals surface area contributed by atoms with Crippen molar-refractivity contribution >= 4 is 23.3 Å². The highest BCUT2D eigenvalue weighted by molar-refractivity contribution is 6.31. The summed E-state index contributed by atoms with van der Waals surface area (Å²) in [5, 5.41) is 10.8. The van der Waals surface area contributed by atoms with Crippen molar-refractivity contribution in [2.45, 2.75) is 20.4 Å². The van der Waals surface area contributed by atoms with Crippen molar-refractivity contribution in [2.24, 2.45) is 0 Å². The lowest BCUT2D eigenvalue weighted by molar-refractivity contribution is 0.0602. The van der Waals surface area contributed by atoms with Gasteiger partial charge in [0.05, 0.1) is 18.4 Å². The maximum absolute atomic E-state index is 11.7. The van der Waals surface area contributed by atoms with Crippen molar-refractivity contribution in [3.8, 4) is 0 Å². The normalized spacial score (nSPS) is 10.4. The number of hydrogen-bond donors (Lipinski definition) is 2. The van der Waals surface area contributed by atoms with Gasteiger partial charge in [0.1, 0.15) is 0 Å². The maximum atomic E-state index is 11.7. The average Bonchev–Trinajstić information content (AvgIpc) is 2.76. The second kappa shape index (κ2) is 5.96. The minimum absolute atomic E-state index is 0.416. The molecule has 0 amide bonds. The van der Waals surface area contributed by atoms with Gasteiger partial charge in [0, 0.05) is 28.5 Å². The van der Waals surface area contributed by atoms with Crippen LogP contribution < -0.4 is 5.32 Å². The van der Waals surface area contributed by atoms with Gasteiger partial charge in [0.2, 0.25) is 0 Å². The molecule has 2 N–H and O–H groups in total. The van der Waals surface area contributed by atoms with Gasteiger partial charge in [0.15, 0.2) is 0 Å². The van der Waals surface area contributed by atoms with Crippen LogP contribution in [-0.2, 0) is 11.3 Å². The summed E-state index contributed by atoms with van der Waals surface area (Å²) in [7, 11) is 1.34. The highest BCUT2D eigenvalue weighted by Gasteiger charge is 2.13. The van der Waals surface area contributed by atoms with E-state index >= 15 is 0 Å². The van der Waals surface area contributed by atoms with Crippen LogP contribution in [0.2, 0.25) is 5.02 Å². The fraction of sp³-hybridized carbons (Fsp3) is 0.286. The quantitative estimate of drug-likeness (QED) is 0.850. The second-order valence-corrected chi connectivity index (χ2v) is 4.88. The number of H-pyrrole nitrogens is 1. The van der Waals surface area contributed by atoms with Crippen molar-refractivity contribution in [1.29, 1.82) is 0 Å². The Morgan fingerprint density at radius 2 is 2.20 bits per heavy atom. The van der Waals surface area contributed by atoms with Crippen LogP contribution in [0.1, 0.15) is 27.3 Å². The Hall–Kier alpha value is -2.01. The van der Waals surface area contributed by atoms with Gasteiger partial charge in [0.25, 0.3) is 0 Å². The van der Waals surface area contributed by atoms with E-state index in [-0.39, 0.29) is 0 Å². The van der Waals surface area contributed by atoms with E-state index in [9.17, 15) is 4.79 Å². The Balaban J connectivity index is 2.23. The molecule has 6 heteroatoms. The number of hydrogen-bond acceptors (Lipinski definition) is 4. The fourth-order valence-electron chi connectivity index (χ4n) is 1.97. The molecule has 1 aromatic carbocycles. The third-order valence-corrected chi connectivity index (χ3v) is 3.36. The maximum Gasteiger partial charge on any atom is 0.340 e. The molecule has 0 saturated carbocycles. The minimum Gasteiger partial charge on any atom is -0.465 e. The number of esters is 1. The Bertz CT molecular complexity index is 618. The van der Waals surface area contributed by atoms with Crippen LogP contribution in [-0.4, -0.2) is 23.3 Å². The minimum atomic E-state index is -0.421. The van der Waals surface area contributed by atoms with E-state index in [0.29, 0.717) is 22.8 Å². The van der Waals surface area contributed by atoms with Crippen molar-refractivity contribution in [2.75, 3.05) is 12.4 Å². The van der Waals surface area contributed by atoms with Gasteiger partial charge in [-0.15, -0.1) is 0 Å². The molecule has 1 aromatic heterocycles. The molecule has 1 heterocycles. The molecule has 0 aliphatic heterocycles. The van der Waals surface area contributed by atoms with Gasteiger partial charge in [-0.25, -0.2) is 4.79 Å². The van der Waals surface area contributed by atoms with Crippen LogP contribution in [0.25, 0.3) is 0 Å². The first-order valence-corrected chi connectivity index (χ1v) is 6.53. The van der Waals surface area contributed by atoms with E-state index in [1.807, 2.05) is 13.8 Å². The highest BCUT2D eigenvalue weighted by Crippen LogP contribution is 2.23. The summed E-state index contributed by atoms with van der Waals surface area (Å²) in [6.07, 6.45) is 0. The number of halogens is 1. The summed E-state index contributed by atoms with van der Waals surface area (Å²) in [5.74, 6) is -0.421. The molecule has 0 saturated heterocycles. The predicted molar refractivity (Wildman–Crippen MR) is 78.2 cm³/mol. The summed E-state index contributed by atoms with van der Waals surface area (Å²) in [6, 6.07) is 5.08. The first-order chi connectivity index (χ1) is 9.52. The summed E-state index contributed by atoms with van der Waals surface area (Å²) >= 11 is 5.92. The summed E-state index contributed by atoms with van der Waals surface area (Å²) < 4.78 is 4.76. The number of methoxy groups -OCH3 is 1. The number of aromatic amines is 1. The standard InChI is InChI=1S/C14H16ClN3O2/c1-8-12(9(2)18-17-8)7-16-13-5-4-10(15)6-11(13)14(19)20-3/h4-6,16H,7H2,1-3H3,(H,17,18). The molecule has 5 nitrogen and oxygen atoms in total. The molecule has 0 radical (unpaired) electrons. The number of anilines is 1. The number of aromatic nitrogens is 2. The van der Waals surface area contributed by atoms with Crippen LogP contribution in [0.4, 0.5) is 5.69 Å². The number of nitrogens with zero attached hydrogens (tertiary/aromatic N) is 1. The van der Waals surface area contributed by atoms with E-state index in [2.05, 4.69) is 15.5 Å². The molecule has 20 heavy (non-hydrogen) atoms. The monoisotopic (exact) mass is 293 g/mol. The topological polar surface area (TPSA) is 67.0 Å². The smallest absolute Gasteiger partial charge is 0.340 e. The molecule has 0 fully saturated rings. The van der Waals surface area contributed by atoms with Crippen molar-refractivity contribution in [3.05, 3.63) is 45.7 Å². The van der Waals surface area contributed by atoms with E-state index in [0.717, 1.165) is 17.0 Å². The Kier molecular flexibility index (Phi) is 4.29. The first-order valence-electron chi connectivity index (χ1n) is 6.15. The van der Waals surface area contributed by atoms with E-state index in [1.54, 1.807) is 18.2 Å². The molecule has 0 aliphatic carbocycles. The van der Waals surface area contributed by atoms with Crippen molar-refractivity contribution < 1.29 is 9.53 Å². The molecule has 0 spiro atoms. The largest absolute Gasteiger partial charge is 0.465 e. The van der Waals surface area contributed by atoms with E-state index < -0.39 is 5.97 Å². The molecule has 2 rings (SSSR count). The molecule has 0 aliphatic rings. The van der Waals surface area contributed by atoms with Gasteiger partial charge in [-0.05, 0) is 32.0 Å². The summed E-state index contributed by atoms with van der Waals surface area (Å²) in [5.41, 5.74) is 4.11. The number of carbonyl (C=O) groups excluding carboxylic acids is 1. The van der Waals surface area contributed by atoms with Crippen LogP contribution in [0.15, 0.2) is 18.2 Å². The van der Waals surface area contributed by atoms with Crippen LogP contribution in [0, 0.1) is 13.8 Å². The number of carbonyl (C=O) groups is 1. The van der Waals surface area contributed by atoms with Crippen molar-refractivity contribution in [3.63, 3.8) is 0 Å². The molecule has 2 aromatic rings. The zero-order chi connectivity index (χ0) is 14.7. The lowest BCUT2D eigenvalue weighted by Crippen LogP contribution is -2.09. The number of benzene rings is 1. The van der Waals surface area contributed by atoms with Crippen LogP contribution in [0.5, 0.6) is 0 Å². The molecular weight excluding hydrogens is 278 g/mol.